The molecular formula is C16H17Cl2N. The SMILES string of the molecule is Cc1cccc([C@@H](C)NCc2c(Cl)cccc2Cl)c1. The fraction of sp³-hybridized carbons (Fsp3) is 0.250. The molecule has 0 bridgehead atoms. The third kappa shape index (κ3) is 3.73. The van der Waals surface area contributed by atoms with Gasteiger partial charge in [-0.15, -0.1) is 0 Å². The summed E-state index contributed by atoms with van der Waals surface area (Å²) >= 11 is 12.3. The van der Waals surface area contributed by atoms with E-state index >= 15 is 0 Å². The fourth-order valence-electron chi connectivity index (χ4n) is 2.01. The first kappa shape index (κ1) is 14.4. The van der Waals surface area contributed by atoms with Gasteiger partial charge in [0.05, 0.1) is 0 Å². The lowest BCUT2D eigenvalue weighted by Gasteiger charge is -2.16. The van der Waals surface area contributed by atoms with E-state index in [1.165, 1.54) is 11.1 Å². The Morgan fingerprint density at radius 1 is 1.05 bits per heavy atom. The minimum atomic E-state index is 0.257. The highest BCUT2D eigenvalue weighted by Gasteiger charge is 2.09. The molecule has 100 valence electrons. The van der Waals surface area contributed by atoms with Gasteiger partial charge in [-0.2, -0.15) is 0 Å². The van der Waals surface area contributed by atoms with Crippen molar-refractivity contribution in [3.63, 3.8) is 0 Å². The highest BCUT2D eigenvalue weighted by atomic mass is 35.5. The zero-order valence-corrected chi connectivity index (χ0v) is 12.6. The Labute approximate surface area is 124 Å². The Bertz CT molecular complexity index is 546. The second kappa shape index (κ2) is 6.42. The Morgan fingerprint density at radius 3 is 2.32 bits per heavy atom. The molecule has 2 aromatic carbocycles. The standard InChI is InChI=1S/C16H17Cl2N/c1-11-5-3-6-13(9-11)12(2)19-10-14-15(17)7-4-8-16(14)18/h3-9,12,19H,10H2,1-2H3/t12-/m1/s1. The maximum Gasteiger partial charge on any atom is 0.0465 e. The van der Waals surface area contributed by atoms with Crippen molar-refractivity contribution < 1.29 is 0 Å². The molecule has 1 nitrogen and oxygen atoms in total. The number of aryl methyl sites for hydroxylation is 1. The molecule has 19 heavy (non-hydrogen) atoms. The summed E-state index contributed by atoms with van der Waals surface area (Å²) in [7, 11) is 0. The smallest absolute Gasteiger partial charge is 0.0465 e. The first-order valence-electron chi connectivity index (χ1n) is 6.31. The molecule has 2 aromatic rings. The van der Waals surface area contributed by atoms with Crippen LogP contribution in [0.2, 0.25) is 10.0 Å². The van der Waals surface area contributed by atoms with Crippen molar-refractivity contribution in [2.75, 3.05) is 0 Å². The average molecular weight is 294 g/mol. The average Bonchev–Trinajstić information content (AvgIpc) is 2.38. The number of rotatable bonds is 4. The van der Waals surface area contributed by atoms with Gasteiger partial charge in [0.2, 0.25) is 0 Å². The van der Waals surface area contributed by atoms with Crippen molar-refractivity contribution in [1.29, 1.82) is 0 Å². The normalized spacial score (nSPS) is 12.4. The molecule has 2 rings (SSSR count). The second-order valence-corrected chi connectivity index (χ2v) is 5.53. The molecule has 1 atom stereocenters. The van der Waals surface area contributed by atoms with E-state index in [1.807, 2.05) is 18.2 Å². The van der Waals surface area contributed by atoms with E-state index in [9.17, 15) is 0 Å². The van der Waals surface area contributed by atoms with Crippen LogP contribution in [0.5, 0.6) is 0 Å². The van der Waals surface area contributed by atoms with E-state index in [-0.39, 0.29) is 6.04 Å². The predicted molar refractivity (Wildman–Crippen MR) is 82.9 cm³/mol. The summed E-state index contributed by atoms with van der Waals surface area (Å²) in [6.45, 7) is 4.90. The zero-order valence-electron chi connectivity index (χ0n) is 11.1. The number of halogens is 2. The molecule has 0 aliphatic carbocycles. The molecule has 0 radical (unpaired) electrons. The lowest BCUT2D eigenvalue weighted by Crippen LogP contribution is -2.18. The molecule has 0 aromatic heterocycles. The van der Waals surface area contributed by atoms with Crippen molar-refractivity contribution in [3.8, 4) is 0 Å². The summed E-state index contributed by atoms with van der Waals surface area (Å²) in [5.74, 6) is 0. The van der Waals surface area contributed by atoms with E-state index in [0.29, 0.717) is 16.6 Å². The largest absolute Gasteiger partial charge is 0.306 e. The molecule has 0 aliphatic rings. The van der Waals surface area contributed by atoms with Crippen LogP contribution in [-0.4, -0.2) is 0 Å². The van der Waals surface area contributed by atoms with Crippen LogP contribution in [0.4, 0.5) is 0 Å². The van der Waals surface area contributed by atoms with Gasteiger partial charge in [-0.25, -0.2) is 0 Å². The molecule has 3 heteroatoms. The summed E-state index contributed by atoms with van der Waals surface area (Å²) in [5.41, 5.74) is 3.48. The van der Waals surface area contributed by atoms with Gasteiger partial charge in [-0.05, 0) is 31.5 Å². The molecule has 0 fully saturated rings. The molecule has 0 spiro atoms. The summed E-state index contributed by atoms with van der Waals surface area (Å²) < 4.78 is 0. The molecule has 0 aliphatic heterocycles. The van der Waals surface area contributed by atoms with Gasteiger partial charge in [-0.3, -0.25) is 0 Å². The Balaban J connectivity index is 2.06. The first-order chi connectivity index (χ1) is 9.08. The summed E-state index contributed by atoms with van der Waals surface area (Å²) in [6, 6.07) is 14.3. The number of hydrogen-bond acceptors (Lipinski definition) is 1. The van der Waals surface area contributed by atoms with Crippen LogP contribution in [0.25, 0.3) is 0 Å². The molecule has 0 heterocycles. The van der Waals surface area contributed by atoms with Gasteiger partial charge < -0.3 is 5.32 Å². The molecule has 0 amide bonds. The maximum absolute atomic E-state index is 6.16. The molecule has 0 saturated heterocycles. The highest BCUT2D eigenvalue weighted by molar-refractivity contribution is 6.35. The monoisotopic (exact) mass is 293 g/mol. The molecule has 0 saturated carbocycles. The number of benzene rings is 2. The fourth-order valence-corrected chi connectivity index (χ4v) is 2.54. The molecular weight excluding hydrogens is 277 g/mol. The van der Waals surface area contributed by atoms with Crippen molar-refractivity contribution in [2.45, 2.75) is 26.4 Å². The van der Waals surface area contributed by atoms with E-state index in [1.54, 1.807) is 0 Å². The van der Waals surface area contributed by atoms with Gasteiger partial charge in [0, 0.05) is 28.2 Å². The zero-order chi connectivity index (χ0) is 13.8. The Kier molecular flexibility index (Phi) is 4.87. The van der Waals surface area contributed by atoms with Crippen LogP contribution in [0.3, 0.4) is 0 Å². The second-order valence-electron chi connectivity index (χ2n) is 4.72. The Morgan fingerprint density at radius 2 is 1.68 bits per heavy atom. The van der Waals surface area contributed by atoms with Gasteiger partial charge in [0.25, 0.3) is 0 Å². The van der Waals surface area contributed by atoms with Crippen LogP contribution in [0, 0.1) is 6.92 Å². The summed E-state index contributed by atoms with van der Waals surface area (Å²) in [6.07, 6.45) is 0. The van der Waals surface area contributed by atoms with E-state index in [4.69, 9.17) is 23.2 Å². The van der Waals surface area contributed by atoms with E-state index in [2.05, 4.69) is 43.4 Å². The lowest BCUT2D eigenvalue weighted by molar-refractivity contribution is 0.574. The summed E-state index contributed by atoms with van der Waals surface area (Å²) in [5, 5.41) is 4.87. The summed E-state index contributed by atoms with van der Waals surface area (Å²) in [4.78, 5) is 0. The third-order valence-corrected chi connectivity index (χ3v) is 3.90. The highest BCUT2D eigenvalue weighted by Crippen LogP contribution is 2.25. The van der Waals surface area contributed by atoms with Crippen molar-refractivity contribution in [1.82, 2.24) is 5.32 Å². The molecule has 0 unspecified atom stereocenters. The molecule has 1 N–H and O–H groups in total. The van der Waals surface area contributed by atoms with E-state index < -0.39 is 0 Å². The third-order valence-electron chi connectivity index (χ3n) is 3.19. The van der Waals surface area contributed by atoms with Crippen LogP contribution < -0.4 is 5.32 Å². The predicted octanol–water partition coefficient (Wildman–Crippen LogP) is 5.15. The van der Waals surface area contributed by atoms with Gasteiger partial charge >= 0.3 is 0 Å². The maximum atomic E-state index is 6.16. The van der Waals surface area contributed by atoms with Crippen LogP contribution in [0.15, 0.2) is 42.5 Å². The van der Waals surface area contributed by atoms with Crippen LogP contribution >= 0.6 is 23.2 Å². The minimum Gasteiger partial charge on any atom is -0.306 e. The first-order valence-corrected chi connectivity index (χ1v) is 7.06. The van der Waals surface area contributed by atoms with Gasteiger partial charge in [-0.1, -0.05) is 59.1 Å². The quantitative estimate of drug-likeness (QED) is 0.822. The van der Waals surface area contributed by atoms with Crippen LogP contribution in [-0.2, 0) is 6.54 Å². The van der Waals surface area contributed by atoms with Crippen molar-refractivity contribution >= 4 is 23.2 Å². The number of hydrogen-bond donors (Lipinski definition) is 1. The Hall–Kier alpha value is -1.02. The number of nitrogens with one attached hydrogen (secondary N) is 1. The van der Waals surface area contributed by atoms with Crippen molar-refractivity contribution in [2.24, 2.45) is 0 Å². The van der Waals surface area contributed by atoms with Crippen LogP contribution in [0.1, 0.15) is 29.7 Å². The topological polar surface area (TPSA) is 12.0 Å². The minimum absolute atomic E-state index is 0.257. The van der Waals surface area contributed by atoms with Gasteiger partial charge in [0.1, 0.15) is 0 Å². The lowest BCUT2D eigenvalue weighted by atomic mass is 10.1. The van der Waals surface area contributed by atoms with Gasteiger partial charge in [0.15, 0.2) is 0 Å². The van der Waals surface area contributed by atoms with E-state index in [0.717, 1.165) is 5.56 Å². The van der Waals surface area contributed by atoms with Crippen molar-refractivity contribution in [3.05, 3.63) is 69.2 Å².